The number of rotatable bonds is 4. The zero-order valence-electron chi connectivity index (χ0n) is 11.1. The monoisotopic (exact) mass is 272 g/mol. The van der Waals surface area contributed by atoms with Gasteiger partial charge in [0.05, 0.1) is 6.54 Å². The number of hydrogen-bond acceptors (Lipinski definition) is 2. The normalized spacial score (nSPS) is 16.4. The Bertz CT molecular complexity index is 429. The van der Waals surface area contributed by atoms with Crippen molar-refractivity contribution in [3.63, 3.8) is 0 Å². The predicted octanol–water partition coefficient (Wildman–Crippen LogP) is 2.72. The lowest BCUT2D eigenvalue weighted by Gasteiger charge is -2.27. The van der Waals surface area contributed by atoms with Crippen LogP contribution in [0.15, 0.2) is 18.2 Å². The molecule has 0 unspecified atom stereocenters. The molecule has 19 heavy (non-hydrogen) atoms. The molecule has 0 aromatic heterocycles. The van der Waals surface area contributed by atoms with Crippen LogP contribution in [0.1, 0.15) is 23.6 Å². The molecule has 0 amide bonds. The second-order valence-corrected chi connectivity index (χ2v) is 4.94. The zero-order valence-corrected chi connectivity index (χ0v) is 11.1. The lowest BCUT2D eigenvalue weighted by molar-refractivity contribution is -0.125. The molecule has 1 N–H and O–H groups in total. The molecule has 5 heteroatoms. The van der Waals surface area contributed by atoms with E-state index in [0.29, 0.717) is 0 Å². The summed E-state index contributed by atoms with van der Waals surface area (Å²) in [6, 6.07) is 5.99. The summed E-state index contributed by atoms with van der Waals surface area (Å²) in [5, 5.41) is 2.43. The van der Waals surface area contributed by atoms with E-state index < -0.39 is 12.7 Å². The number of nitrogens with zero attached hydrogens (tertiary/aromatic N) is 1. The van der Waals surface area contributed by atoms with Crippen molar-refractivity contribution in [2.24, 2.45) is 0 Å². The molecule has 1 aliphatic heterocycles. The van der Waals surface area contributed by atoms with Gasteiger partial charge in [-0.2, -0.15) is 13.2 Å². The summed E-state index contributed by atoms with van der Waals surface area (Å²) < 4.78 is 36.1. The molecule has 1 heterocycles. The van der Waals surface area contributed by atoms with E-state index >= 15 is 0 Å². The number of nitrogens with one attached hydrogen (secondary N) is 1. The minimum Gasteiger partial charge on any atom is -0.305 e. The van der Waals surface area contributed by atoms with Crippen LogP contribution in [-0.2, 0) is 19.5 Å². The Morgan fingerprint density at radius 3 is 2.74 bits per heavy atom. The molecule has 1 aliphatic rings. The summed E-state index contributed by atoms with van der Waals surface area (Å²) >= 11 is 0. The van der Waals surface area contributed by atoms with E-state index in [4.69, 9.17) is 0 Å². The summed E-state index contributed by atoms with van der Waals surface area (Å²) in [4.78, 5) is 2.36. The fourth-order valence-electron chi connectivity index (χ4n) is 2.39. The molecule has 1 aromatic rings. The van der Waals surface area contributed by atoms with Gasteiger partial charge in [0, 0.05) is 19.6 Å². The van der Waals surface area contributed by atoms with Gasteiger partial charge in [-0.05, 0) is 29.7 Å². The molecule has 0 saturated carbocycles. The van der Waals surface area contributed by atoms with Gasteiger partial charge >= 0.3 is 6.18 Å². The van der Waals surface area contributed by atoms with Crippen LogP contribution in [0.2, 0.25) is 0 Å². The van der Waals surface area contributed by atoms with Crippen molar-refractivity contribution in [1.82, 2.24) is 10.2 Å². The predicted molar refractivity (Wildman–Crippen MR) is 68.9 cm³/mol. The largest absolute Gasteiger partial charge is 0.401 e. The smallest absolute Gasteiger partial charge is 0.305 e. The minimum absolute atomic E-state index is 0.268. The Morgan fingerprint density at radius 1 is 1.26 bits per heavy atom. The first-order valence-corrected chi connectivity index (χ1v) is 6.58. The second-order valence-electron chi connectivity index (χ2n) is 4.94. The number of hydrogen-bond donors (Lipinski definition) is 1. The molecular weight excluding hydrogens is 253 g/mol. The van der Waals surface area contributed by atoms with E-state index in [1.54, 1.807) is 0 Å². The highest BCUT2D eigenvalue weighted by atomic mass is 19.4. The Balaban J connectivity index is 1.94. The molecule has 0 spiro atoms. The van der Waals surface area contributed by atoms with E-state index in [0.717, 1.165) is 31.6 Å². The summed E-state index contributed by atoms with van der Waals surface area (Å²) in [5.74, 6) is 0. The average Bonchev–Trinajstić information content (AvgIpc) is 2.36. The van der Waals surface area contributed by atoms with Gasteiger partial charge in [0.15, 0.2) is 0 Å². The fourth-order valence-corrected chi connectivity index (χ4v) is 2.39. The molecule has 0 aliphatic carbocycles. The van der Waals surface area contributed by atoms with Crippen LogP contribution in [0.25, 0.3) is 0 Å². The molecule has 0 saturated heterocycles. The number of benzene rings is 1. The van der Waals surface area contributed by atoms with Crippen LogP contribution in [0.3, 0.4) is 0 Å². The third-order valence-corrected chi connectivity index (χ3v) is 3.46. The first-order valence-electron chi connectivity index (χ1n) is 6.58. The molecule has 0 radical (unpaired) electrons. The Kier molecular flexibility index (Phi) is 4.47. The van der Waals surface area contributed by atoms with Gasteiger partial charge in [-0.1, -0.05) is 25.1 Å². The third kappa shape index (κ3) is 4.21. The summed E-state index contributed by atoms with van der Waals surface area (Å²) in [5.41, 5.74) is 3.50. The maximum atomic E-state index is 12.0. The second kappa shape index (κ2) is 5.92. The van der Waals surface area contributed by atoms with E-state index in [1.165, 1.54) is 11.1 Å². The quantitative estimate of drug-likeness (QED) is 0.906. The van der Waals surface area contributed by atoms with E-state index in [2.05, 4.69) is 17.1 Å². The molecule has 1 aromatic carbocycles. The van der Waals surface area contributed by atoms with E-state index in [-0.39, 0.29) is 6.54 Å². The van der Waals surface area contributed by atoms with Gasteiger partial charge < -0.3 is 5.32 Å². The van der Waals surface area contributed by atoms with Crippen molar-refractivity contribution in [2.75, 3.05) is 19.6 Å². The molecule has 0 atom stereocenters. The van der Waals surface area contributed by atoms with Crippen molar-refractivity contribution < 1.29 is 13.2 Å². The van der Waals surface area contributed by atoms with Gasteiger partial charge in [-0.15, -0.1) is 0 Å². The first-order chi connectivity index (χ1) is 8.98. The van der Waals surface area contributed by atoms with Crippen molar-refractivity contribution in [1.29, 1.82) is 0 Å². The summed E-state index contributed by atoms with van der Waals surface area (Å²) in [6.07, 6.45) is -3.16. The van der Waals surface area contributed by atoms with Gasteiger partial charge in [-0.25, -0.2) is 0 Å². The Hall–Kier alpha value is -1.07. The minimum atomic E-state index is -4.14. The standard InChI is InChI=1S/C14H19F3N2/c1-2-19-6-5-12-7-11(3-4-13(12)9-19)8-18-10-14(15,16)17/h3-4,7,18H,2,5-6,8-10H2,1H3. The van der Waals surface area contributed by atoms with Crippen molar-refractivity contribution in [3.05, 3.63) is 34.9 Å². The lowest BCUT2D eigenvalue weighted by Crippen LogP contribution is -2.30. The number of halogens is 3. The third-order valence-electron chi connectivity index (χ3n) is 3.46. The van der Waals surface area contributed by atoms with Crippen LogP contribution in [0.4, 0.5) is 13.2 Å². The number of fused-ring (bicyclic) bond motifs is 1. The Labute approximate surface area is 111 Å². The topological polar surface area (TPSA) is 15.3 Å². The lowest BCUT2D eigenvalue weighted by atomic mass is 9.97. The molecule has 0 fully saturated rings. The van der Waals surface area contributed by atoms with Crippen LogP contribution >= 0.6 is 0 Å². The van der Waals surface area contributed by atoms with Crippen LogP contribution in [0.5, 0.6) is 0 Å². The van der Waals surface area contributed by atoms with E-state index in [1.807, 2.05) is 18.2 Å². The van der Waals surface area contributed by atoms with Gasteiger partial charge in [-0.3, -0.25) is 4.90 Å². The van der Waals surface area contributed by atoms with Crippen molar-refractivity contribution in [3.8, 4) is 0 Å². The highest BCUT2D eigenvalue weighted by Gasteiger charge is 2.26. The fraction of sp³-hybridized carbons (Fsp3) is 0.571. The molecule has 2 nitrogen and oxygen atoms in total. The molecule has 0 bridgehead atoms. The van der Waals surface area contributed by atoms with Gasteiger partial charge in [0.2, 0.25) is 0 Å². The zero-order chi connectivity index (χ0) is 13.9. The summed E-state index contributed by atoms with van der Waals surface area (Å²) in [7, 11) is 0. The van der Waals surface area contributed by atoms with E-state index in [9.17, 15) is 13.2 Å². The van der Waals surface area contributed by atoms with Crippen LogP contribution < -0.4 is 5.32 Å². The average molecular weight is 272 g/mol. The highest BCUT2D eigenvalue weighted by molar-refractivity contribution is 5.33. The number of alkyl halides is 3. The van der Waals surface area contributed by atoms with Crippen LogP contribution in [-0.4, -0.2) is 30.7 Å². The summed E-state index contributed by atoms with van der Waals surface area (Å²) in [6.45, 7) is 4.48. The van der Waals surface area contributed by atoms with Gasteiger partial charge in [0.1, 0.15) is 0 Å². The van der Waals surface area contributed by atoms with Crippen molar-refractivity contribution >= 4 is 0 Å². The highest BCUT2D eigenvalue weighted by Crippen LogP contribution is 2.20. The van der Waals surface area contributed by atoms with Crippen molar-refractivity contribution in [2.45, 2.75) is 32.6 Å². The van der Waals surface area contributed by atoms with Gasteiger partial charge in [0.25, 0.3) is 0 Å². The molecule has 2 rings (SSSR count). The SMILES string of the molecule is CCN1CCc2cc(CNCC(F)(F)F)ccc2C1. The maximum Gasteiger partial charge on any atom is 0.401 e. The maximum absolute atomic E-state index is 12.0. The van der Waals surface area contributed by atoms with Crippen LogP contribution in [0, 0.1) is 0 Å². The Morgan fingerprint density at radius 2 is 2.05 bits per heavy atom. The number of likely N-dealkylation sites (N-methyl/N-ethyl adjacent to an activating group) is 1. The molecular formula is C14H19F3N2. The molecule has 106 valence electrons. The first kappa shape index (κ1) is 14.3.